The second-order valence-electron chi connectivity index (χ2n) is 10.4. The zero-order chi connectivity index (χ0) is 26.2. The van der Waals surface area contributed by atoms with Gasteiger partial charge < -0.3 is 19.5 Å². The highest BCUT2D eigenvalue weighted by Gasteiger charge is 2.40. The van der Waals surface area contributed by atoms with Crippen molar-refractivity contribution in [3.63, 3.8) is 0 Å². The Bertz CT molecular complexity index is 1370. The molecule has 1 atom stereocenters. The van der Waals surface area contributed by atoms with Gasteiger partial charge >= 0.3 is 0 Å². The SMILES string of the molecule is COc1c(NC(=O)c2cccc(C#N)c2)cnc2c1c(C1CCN(C(=O)C(C)C)C(C)(C)C1)cn2C. The third-order valence-corrected chi connectivity index (χ3v) is 7.05. The highest BCUT2D eigenvalue weighted by molar-refractivity contribution is 6.07. The van der Waals surface area contributed by atoms with Gasteiger partial charge in [0.25, 0.3) is 5.91 Å². The number of rotatable bonds is 5. The van der Waals surface area contributed by atoms with Crippen LogP contribution in [0.4, 0.5) is 5.69 Å². The number of benzene rings is 1. The van der Waals surface area contributed by atoms with Crippen LogP contribution in [0.3, 0.4) is 0 Å². The van der Waals surface area contributed by atoms with Gasteiger partial charge in [-0.2, -0.15) is 5.26 Å². The average molecular weight is 488 g/mol. The number of likely N-dealkylation sites (tertiary alicyclic amines) is 1. The number of amides is 2. The number of methoxy groups -OCH3 is 1. The molecule has 1 unspecified atom stereocenters. The summed E-state index contributed by atoms with van der Waals surface area (Å²) in [6.45, 7) is 8.82. The summed E-state index contributed by atoms with van der Waals surface area (Å²) in [6.07, 6.45) is 5.33. The van der Waals surface area contributed by atoms with E-state index in [0.717, 1.165) is 29.4 Å². The van der Waals surface area contributed by atoms with Gasteiger partial charge in [-0.1, -0.05) is 19.9 Å². The molecule has 4 rings (SSSR count). The molecule has 3 heterocycles. The number of carbonyl (C=O) groups is 2. The standard InChI is InChI=1S/C28H33N5O3/c1-17(2)27(35)33-11-10-20(13-28(33,3)4)21-16-32(5)25-23(21)24(36-6)22(15-30-25)31-26(34)19-9-7-8-18(12-19)14-29/h7-9,12,15-17,20H,10-11,13H2,1-6H3,(H,31,34). The van der Waals surface area contributed by atoms with Gasteiger partial charge in [-0.15, -0.1) is 0 Å². The Morgan fingerprint density at radius 3 is 2.69 bits per heavy atom. The first-order chi connectivity index (χ1) is 17.1. The molecule has 1 saturated heterocycles. The second-order valence-corrected chi connectivity index (χ2v) is 10.4. The maximum absolute atomic E-state index is 13.0. The number of nitrogens with zero attached hydrogens (tertiary/aromatic N) is 4. The van der Waals surface area contributed by atoms with Gasteiger partial charge in [0.1, 0.15) is 11.3 Å². The molecule has 1 aromatic carbocycles. The molecule has 1 aliphatic heterocycles. The van der Waals surface area contributed by atoms with Crippen molar-refractivity contribution in [1.29, 1.82) is 5.26 Å². The molecule has 0 bridgehead atoms. The largest absolute Gasteiger partial charge is 0.494 e. The van der Waals surface area contributed by atoms with Crippen molar-refractivity contribution in [2.75, 3.05) is 19.0 Å². The lowest BCUT2D eigenvalue weighted by Crippen LogP contribution is -2.53. The van der Waals surface area contributed by atoms with Crippen LogP contribution in [0.2, 0.25) is 0 Å². The minimum Gasteiger partial charge on any atom is -0.494 e. The van der Waals surface area contributed by atoms with Crippen LogP contribution in [-0.4, -0.2) is 45.5 Å². The molecule has 3 aromatic rings. The molecule has 2 aromatic heterocycles. The van der Waals surface area contributed by atoms with Crippen LogP contribution in [0.1, 0.15) is 67.9 Å². The number of carbonyl (C=O) groups excluding carboxylic acids is 2. The fourth-order valence-electron chi connectivity index (χ4n) is 5.27. The van der Waals surface area contributed by atoms with E-state index in [9.17, 15) is 9.59 Å². The number of fused-ring (bicyclic) bond motifs is 1. The molecular weight excluding hydrogens is 454 g/mol. The summed E-state index contributed by atoms with van der Waals surface area (Å²) < 4.78 is 7.82. The van der Waals surface area contributed by atoms with E-state index in [2.05, 4.69) is 36.4 Å². The molecule has 1 N–H and O–H groups in total. The van der Waals surface area contributed by atoms with Crippen LogP contribution in [0, 0.1) is 17.2 Å². The first-order valence-corrected chi connectivity index (χ1v) is 12.2. The van der Waals surface area contributed by atoms with Crippen LogP contribution in [0.5, 0.6) is 5.75 Å². The Kier molecular flexibility index (Phi) is 6.77. The highest BCUT2D eigenvalue weighted by atomic mass is 16.5. The van der Waals surface area contributed by atoms with Gasteiger partial charge in [0.15, 0.2) is 5.75 Å². The Labute approximate surface area is 211 Å². The lowest BCUT2D eigenvalue weighted by molar-refractivity contribution is -0.142. The normalized spacial score (nSPS) is 17.2. The van der Waals surface area contributed by atoms with Crippen LogP contribution >= 0.6 is 0 Å². The number of ether oxygens (including phenoxy) is 1. The van der Waals surface area contributed by atoms with E-state index < -0.39 is 0 Å². The van der Waals surface area contributed by atoms with Crippen molar-refractivity contribution in [2.45, 2.75) is 52.0 Å². The first-order valence-electron chi connectivity index (χ1n) is 12.2. The summed E-state index contributed by atoms with van der Waals surface area (Å²) in [7, 11) is 3.54. The Hall–Kier alpha value is -3.86. The van der Waals surface area contributed by atoms with E-state index in [1.807, 2.05) is 30.4 Å². The van der Waals surface area contributed by atoms with Crippen LogP contribution in [0.15, 0.2) is 36.7 Å². The van der Waals surface area contributed by atoms with Crippen LogP contribution in [0.25, 0.3) is 11.0 Å². The monoisotopic (exact) mass is 487 g/mol. The number of anilines is 1. The molecule has 0 aliphatic carbocycles. The zero-order valence-electron chi connectivity index (χ0n) is 21.8. The van der Waals surface area contributed by atoms with Crippen molar-refractivity contribution < 1.29 is 14.3 Å². The van der Waals surface area contributed by atoms with E-state index in [1.165, 1.54) is 0 Å². The molecule has 8 heteroatoms. The molecule has 2 amide bonds. The van der Waals surface area contributed by atoms with E-state index >= 15 is 0 Å². The Balaban J connectivity index is 1.71. The molecule has 8 nitrogen and oxygen atoms in total. The van der Waals surface area contributed by atoms with Gasteiger partial charge in [0.2, 0.25) is 5.91 Å². The van der Waals surface area contributed by atoms with Crippen molar-refractivity contribution in [1.82, 2.24) is 14.5 Å². The summed E-state index contributed by atoms with van der Waals surface area (Å²) in [5.74, 6) is 0.558. The second kappa shape index (κ2) is 9.65. The third kappa shape index (κ3) is 4.53. The zero-order valence-corrected chi connectivity index (χ0v) is 21.8. The maximum atomic E-state index is 13.0. The topological polar surface area (TPSA) is 100 Å². The third-order valence-electron chi connectivity index (χ3n) is 7.05. The van der Waals surface area contributed by atoms with Crippen molar-refractivity contribution >= 4 is 28.5 Å². The number of hydrogen-bond acceptors (Lipinski definition) is 5. The average Bonchev–Trinajstić information content (AvgIpc) is 3.19. The van der Waals surface area contributed by atoms with Crippen molar-refractivity contribution in [3.05, 3.63) is 53.3 Å². The number of piperidine rings is 1. The van der Waals surface area contributed by atoms with Crippen LogP contribution in [-0.2, 0) is 11.8 Å². The Morgan fingerprint density at radius 2 is 2.06 bits per heavy atom. The van der Waals surface area contributed by atoms with Gasteiger partial charge in [-0.05, 0) is 56.4 Å². The number of nitrogens with one attached hydrogen (secondary N) is 1. The number of pyridine rings is 1. The lowest BCUT2D eigenvalue weighted by Gasteiger charge is -2.46. The predicted octanol–water partition coefficient (Wildman–Crippen LogP) is 4.85. The fraction of sp³-hybridized carbons (Fsp3) is 0.429. The van der Waals surface area contributed by atoms with Crippen molar-refractivity contribution in [3.8, 4) is 11.8 Å². The maximum Gasteiger partial charge on any atom is 0.255 e. The fourth-order valence-corrected chi connectivity index (χ4v) is 5.27. The molecule has 0 spiro atoms. The van der Waals surface area contributed by atoms with E-state index in [1.54, 1.807) is 37.6 Å². The van der Waals surface area contributed by atoms with E-state index in [-0.39, 0.29) is 29.2 Å². The van der Waals surface area contributed by atoms with E-state index in [4.69, 9.17) is 10.00 Å². The molecule has 0 saturated carbocycles. The van der Waals surface area contributed by atoms with Crippen molar-refractivity contribution in [2.24, 2.45) is 13.0 Å². The number of nitriles is 1. The van der Waals surface area contributed by atoms with Gasteiger partial charge in [-0.25, -0.2) is 4.98 Å². The molecule has 1 fully saturated rings. The quantitative estimate of drug-likeness (QED) is 0.555. The smallest absolute Gasteiger partial charge is 0.255 e. The lowest BCUT2D eigenvalue weighted by atomic mass is 9.78. The minimum atomic E-state index is -0.342. The van der Waals surface area contributed by atoms with E-state index in [0.29, 0.717) is 29.1 Å². The summed E-state index contributed by atoms with van der Waals surface area (Å²) in [5, 5.41) is 12.9. The minimum absolute atomic E-state index is 0.0392. The van der Waals surface area contributed by atoms with Gasteiger partial charge in [0, 0.05) is 36.8 Å². The highest BCUT2D eigenvalue weighted by Crippen LogP contribution is 2.44. The molecule has 1 aliphatic rings. The predicted molar refractivity (Wildman–Crippen MR) is 139 cm³/mol. The summed E-state index contributed by atoms with van der Waals surface area (Å²) in [6, 6.07) is 8.61. The number of aromatic nitrogens is 2. The summed E-state index contributed by atoms with van der Waals surface area (Å²) in [5.41, 5.74) is 2.85. The molecular formula is C28H33N5O3. The first kappa shape index (κ1) is 25.2. The molecule has 188 valence electrons. The Morgan fingerprint density at radius 1 is 1.31 bits per heavy atom. The number of aryl methyl sites for hydroxylation is 1. The summed E-state index contributed by atoms with van der Waals surface area (Å²) >= 11 is 0. The molecule has 0 radical (unpaired) electrons. The number of hydrogen-bond donors (Lipinski definition) is 1. The van der Waals surface area contributed by atoms with Crippen LogP contribution < -0.4 is 10.1 Å². The van der Waals surface area contributed by atoms with Gasteiger partial charge in [0.05, 0.1) is 30.3 Å². The molecule has 36 heavy (non-hydrogen) atoms. The van der Waals surface area contributed by atoms with Gasteiger partial charge in [-0.3, -0.25) is 9.59 Å². The summed E-state index contributed by atoms with van der Waals surface area (Å²) in [4.78, 5) is 32.4.